The van der Waals surface area contributed by atoms with Crippen molar-refractivity contribution in [1.29, 1.82) is 0 Å². The van der Waals surface area contributed by atoms with E-state index in [-0.39, 0.29) is 41.9 Å². The van der Waals surface area contributed by atoms with Gasteiger partial charge in [-0.2, -0.15) is 0 Å². The third-order valence-electron chi connectivity index (χ3n) is 8.25. The predicted molar refractivity (Wildman–Crippen MR) is 129 cm³/mol. The van der Waals surface area contributed by atoms with Crippen LogP contribution in [0.5, 0.6) is 11.5 Å². The third-order valence-corrected chi connectivity index (χ3v) is 8.25. The summed E-state index contributed by atoms with van der Waals surface area (Å²) in [6, 6.07) is 13.6. The minimum atomic E-state index is -0.963. The lowest BCUT2D eigenvalue weighted by Crippen LogP contribution is -2.49. The van der Waals surface area contributed by atoms with Crippen LogP contribution in [-0.2, 0) is 20.8 Å². The number of imide groups is 1. The number of hydrogen-bond acceptors (Lipinski definition) is 5. The average molecular weight is 473 g/mol. The highest BCUT2D eigenvalue weighted by Crippen LogP contribution is 2.65. The second kappa shape index (κ2) is 8.26. The van der Waals surface area contributed by atoms with Crippen LogP contribution in [0.25, 0.3) is 0 Å². The van der Waals surface area contributed by atoms with E-state index in [0.717, 1.165) is 12.0 Å². The Kier molecular flexibility index (Phi) is 5.16. The molecule has 35 heavy (non-hydrogen) atoms. The van der Waals surface area contributed by atoms with Crippen molar-refractivity contribution in [1.82, 2.24) is 4.90 Å². The van der Waals surface area contributed by atoms with Crippen molar-refractivity contribution in [2.24, 2.45) is 35.5 Å². The molecule has 2 bridgehead atoms. The van der Waals surface area contributed by atoms with E-state index in [2.05, 4.69) is 17.5 Å². The molecule has 1 aliphatic heterocycles. The molecule has 1 saturated heterocycles. The van der Waals surface area contributed by atoms with E-state index in [9.17, 15) is 14.4 Å². The molecule has 0 radical (unpaired) electrons. The van der Waals surface area contributed by atoms with Gasteiger partial charge in [0.15, 0.2) is 0 Å². The number of hydrogen-bond donors (Lipinski definition) is 1. The van der Waals surface area contributed by atoms with Crippen LogP contribution in [0.3, 0.4) is 0 Å². The molecule has 3 fully saturated rings. The normalized spacial score (nSPS) is 30.5. The maximum Gasteiger partial charge on any atom is 0.248 e. The van der Waals surface area contributed by atoms with Crippen LogP contribution < -0.4 is 14.8 Å². The van der Waals surface area contributed by atoms with Gasteiger partial charge in [0, 0.05) is 12.5 Å². The van der Waals surface area contributed by atoms with Gasteiger partial charge in [0.2, 0.25) is 17.7 Å². The number of benzene rings is 2. The van der Waals surface area contributed by atoms with Crippen LogP contribution in [0.2, 0.25) is 0 Å². The Morgan fingerprint density at radius 2 is 1.63 bits per heavy atom. The van der Waals surface area contributed by atoms with Gasteiger partial charge in [0.1, 0.15) is 17.5 Å². The van der Waals surface area contributed by atoms with Gasteiger partial charge >= 0.3 is 0 Å². The van der Waals surface area contributed by atoms with Crippen molar-refractivity contribution in [2.45, 2.75) is 18.9 Å². The van der Waals surface area contributed by atoms with Crippen molar-refractivity contribution < 1.29 is 23.9 Å². The number of nitrogens with zero attached hydrogens (tertiary/aromatic N) is 1. The Balaban J connectivity index is 1.34. The number of allylic oxidation sites excluding steroid dienone is 2. The number of nitrogens with one attached hydrogen (secondary N) is 1. The maximum absolute atomic E-state index is 13.8. The first-order valence-electron chi connectivity index (χ1n) is 12.1. The lowest BCUT2D eigenvalue weighted by atomic mass is 9.63. The Labute approximate surface area is 204 Å². The van der Waals surface area contributed by atoms with Crippen molar-refractivity contribution in [2.75, 3.05) is 19.5 Å². The number of anilines is 1. The molecule has 180 valence electrons. The SMILES string of the molecule is COc1ccc(OC)c(NC(=O)[C@H](Cc2ccccc2)N2C(=O)[C@@H]3[C@H]4C=C[C@@H]([C@@H]5C[C@H]45)[C@@H]3C2=O)c1. The predicted octanol–water partition coefficient (Wildman–Crippen LogP) is 3.31. The number of carbonyl (C=O) groups is 3. The number of carbonyl (C=O) groups excluding carboxylic acids is 3. The fourth-order valence-electron chi connectivity index (χ4n) is 6.55. The summed E-state index contributed by atoms with van der Waals surface area (Å²) in [4.78, 5) is 42.5. The topological polar surface area (TPSA) is 84.9 Å². The van der Waals surface area contributed by atoms with Gasteiger partial charge in [-0.1, -0.05) is 42.5 Å². The number of rotatable bonds is 7. The molecule has 7 atom stereocenters. The summed E-state index contributed by atoms with van der Waals surface area (Å²) < 4.78 is 10.7. The van der Waals surface area contributed by atoms with Crippen molar-refractivity contribution >= 4 is 23.4 Å². The molecule has 4 aliphatic carbocycles. The van der Waals surface area contributed by atoms with Gasteiger partial charge < -0.3 is 14.8 Å². The molecule has 3 amide bonds. The monoisotopic (exact) mass is 472 g/mol. The Bertz CT molecular complexity index is 1190. The molecule has 5 aliphatic rings. The molecule has 2 aromatic rings. The number of amides is 3. The summed E-state index contributed by atoms with van der Waals surface area (Å²) >= 11 is 0. The maximum atomic E-state index is 13.8. The van der Waals surface area contributed by atoms with Gasteiger partial charge in [-0.15, -0.1) is 0 Å². The zero-order valence-corrected chi connectivity index (χ0v) is 19.7. The minimum Gasteiger partial charge on any atom is -0.497 e. The van der Waals surface area contributed by atoms with Crippen molar-refractivity contribution in [3.8, 4) is 11.5 Å². The highest BCUT2D eigenvalue weighted by Gasteiger charge is 2.67. The molecule has 7 nitrogen and oxygen atoms in total. The summed E-state index contributed by atoms with van der Waals surface area (Å²) in [6.45, 7) is 0. The zero-order chi connectivity index (χ0) is 24.3. The molecule has 1 heterocycles. The lowest BCUT2D eigenvalue weighted by molar-refractivity contribution is -0.146. The summed E-state index contributed by atoms with van der Waals surface area (Å²) in [5.41, 5.74) is 1.30. The van der Waals surface area contributed by atoms with Gasteiger partial charge in [0.25, 0.3) is 0 Å². The van der Waals surface area contributed by atoms with Gasteiger partial charge in [0.05, 0.1) is 31.7 Å². The van der Waals surface area contributed by atoms with E-state index < -0.39 is 11.9 Å². The summed E-state index contributed by atoms with van der Waals surface area (Å²) in [5, 5.41) is 2.91. The van der Waals surface area contributed by atoms with Crippen LogP contribution in [0, 0.1) is 35.5 Å². The molecule has 1 N–H and O–H groups in total. The zero-order valence-electron chi connectivity index (χ0n) is 19.7. The van der Waals surface area contributed by atoms with Crippen LogP contribution >= 0.6 is 0 Å². The average Bonchev–Trinajstić information content (AvgIpc) is 3.66. The van der Waals surface area contributed by atoms with E-state index in [4.69, 9.17) is 9.47 Å². The van der Waals surface area contributed by atoms with E-state index in [0.29, 0.717) is 29.0 Å². The first-order valence-corrected chi connectivity index (χ1v) is 12.1. The molecular formula is C28H28N2O5. The number of ether oxygens (including phenoxy) is 2. The Morgan fingerprint density at radius 3 is 2.23 bits per heavy atom. The van der Waals surface area contributed by atoms with Crippen LogP contribution in [-0.4, -0.2) is 42.9 Å². The molecule has 0 spiro atoms. The largest absolute Gasteiger partial charge is 0.497 e. The summed E-state index contributed by atoms with van der Waals surface area (Å²) in [5.74, 6) is 0.705. The molecule has 7 heteroatoms. The first kappa shape index (κ1) is 21.9. The molecule has 7 rings (SSSR count). The van der Waals surface area contributed by atoms with Crippen LogP contribution in [0.15, 0.2) is 60.7 Å². The van der Waals surface area contributed by atoms with E-state index in [1.54, 1.807) is 25.3 Å². The molecular weight excluding hydrogens is 444 g/mol. The highest BCUT2D eigenvalue weighted by molar-refractivity contribution is 6.11. The van der Waals surface area contributed by atoms with E-state index >= 15 is 0 Å². The summed E-state index contributed by atoms with van der Waals surface area (Å²) in [6.07, 6.45) is 5.62. The smallest absolute Gasteiger partial charge is 0.248 e. The third kappa shape index (κ3) is 3.44. The second-order valence-corrected chi connectivity index (χ2v) is 9.96. The molecule has 2 saturated carbocycles. The van der Waals surface area contributed by atoms with Crippen molar-refractivity contribution in [3.05, 3.63) is 66.2 Å². The number of methoxy groups -OCH3 is 2. The molecule has 2 aromatic carbocycles. The number of likely N-dealkylation sites (tertiary alicyclic amines) is 1. The van der Waals surface area contributed by atoms with E-state index in [1.807, 2.05) is 30.3 Å². The second-order valence-electron chi connectivity index (χ2n) is 9.96. The van der Waals surface area contributed by atoms with Crippen molar-refractivity contribution in [3.63, 3.8) is 0 Å². The van der Waals surface area contributed by atoms with Crippen LogP contribution in [0.1, 0.15) is 12.0 Å². The Morgan fingerprint density at radius 1 is 0.971 bits per heavy atom. The Hall–Kier alpha value is -3.61. The quantitative estimate of drug-likeness (QED) is 0.494. The van der Waals surface area contributed by atoms with Crippen LogP contribution in [0.4, 0.5) is 5.69 Å². The van der Waals surface area contributed by atoms with Gasteiger partial charge in [-0.3, -0.25) is 19.3 Å². The summed E-state index contributed by atoms with van der Waals surface area (Å²) in [7, 11) is 3.06. The fraction of sp³-hybridized carbons (Fsp3) is 0.393. The lowest BCUT2D eigenvalue weighted by Gasteiger charge is -2.37. The fourth-order valence-corrected chi connectivity index (χ4v) is 6.55. The molecule has 0 aromatic heterocycles. The van der Waals surface area contributed by atoms with Gasteiger partial charge in [-0.05, 0) is 47.8 Å². The minimum absolute atomic E-state index is 0.107. The standard InChI is InChI=1S/C28H28N2O5/c1-34-16-8-11-23(35-2)21(13-16)29-26(31)22(12-15-6-4-3-5-7-15)30-27(32)24-17-9-10-18(20-14-19(17)20)25(24)28(30)33/h3-11,13,17-20,22,24-25H,12,14H2,1-2H3,(H,29,31)/t17-,18-,19-,20+,22-,24-,25+/m0/s1. The van der Waals surface area contributed by atoms with Gasteiger partial charge in [-0.25, -0.2) is 0 Å². The highest BCUT2D eigenvalue weighted by atomic mass is 16.5. The van der Waals surface area contributed by atoms with E-state index in [1.165, 1.54) is 12.0 Å². The first-order chi connectivity index (χ1) is 17.0. The molecule has 0 unspecified atom stereocenters.